The number of carbonyl (C=O) groups excluding carboxylic acids is 2. The van der Waals surface area contributed by atoms with E-state index >= 15 is 0 Å². The highest BCUT2D eigenvalue weighted by molar-refractivity contribution is 6.46. The van der Waals surface area contributed by atoms with Crippen LogP contribution in [0.2, 0.25) is 0 Å². The molecule has 0 N–H and O–H groups in total. The van der Waals surface area contributed by atoms with E-state index in [1.165, 1.54) is 4.90 Å². The maximum absolute atomic E-state index is 13.8. The molecule has 0 aliphatic carbocycles. The van der Waals surface area contributed by atoms with Crippen LogP contribution in [0, 0.1) is 0 Å². The Kier molecular flexibility index (Phi) is 5.04. The zero-order valence-corrected chi connectivity index (χ0v) is 17.6. The predicted molar refractivity (Wildman–Crippen MR) is 123 cm³/mol. The van der Waals surface area contributed by atoms with Crippen molar-refractivity contribution in [3.8, 4) is 0 Å². The fourth-order valence-electron chi connectivity index (χ4n) is 4.59. The molecule has 2 heterocycles. The average molecular weight is 412 g/mol. The van der Waals surface area contributed by atoms with Gasteiger partial charge in [0.15, 0.2) is 0 Å². The van der Waals surface area contributed by atoms with Gasteiger partial charge in [-0.25, -0.2) is 4.90 Å². The van der Waals surface area contributed by atoms with Crippen molar-refractivity contribution in [3.05, 3.63) is 84.1 Å². The molecule has 3 aromatic carbocycles. The summed E-state index contributed by atoms with van der Waals surface area (Å²) in [4.78, 5) is 33.4. The summed E-state index contributed by atoms with van der Waals surface area (Å²) in [5.41, 5.74) is 2.46. The van der Waals surface area contributed by atoms with Crippen LogP contribution in [0.5, 0.6) is 0 Å². The molecule has 0 bridgehead atoms. The number of anilines is 1. The highest BCUT2D eigenvalue weighted by Gasteiger charge is 2.43. The van der Waals surface area contributed by atoms with Gasteiger partial charge in [0.25, 0.3) is 11.8 Å². The third-order valence-electron chi connectivity index (χ3n) is 6.27. The van der Waals surface area contributed by atoms with Gasteiger partial charge in [0.05, 0.1) is 11.3 Å². The number of carbonyl (C=O) groups is 2. The van der Waals surface area contributed by atoms with Gasteiger partial charge in [-0.1, -0.05) is 73.7 Å². The zero-order chi connectivity index (χ0) is 21.4. The van der Waals surface area contributed by atoms with Crippen LogP contribution in [0.1, 0.15) is 12.5 Å². The molecule has 0 aromatic heterocycles. The van der Waals surface area contributed by atoms with Gasteiger partial charge in [-0.15, -0.1) is 0 Å². The van der Waals surface area contributed by atoms with E-state index in [0.29, 0.717) is 17.0 Å². The first kappa shape index (κ1) is 19.5. The molecule has 2 aliphatic rings. The van der Waals surface area contributed by atoms with Crippen molar-refractivity contribution in [2.75, 3.05) is 37.6 Å². The van der Waals surface area contributed by atoms with Crippen molar-refractivity contribution in [2.24, 2.45) is 0 Å². The molecule has 5 rings (SSSR count). The predicted octanol–water partition coefficient (Wildman–Crippen LogP) is 3.76. The molecule has 156 valence electrons. The Bertz CT molecular complexity index is 1170. The number of amides is 2. The van der Waals surface area contributed by atoms with Crippen molar-refractivity contribution in [1.82, 2.24) is 9.80 Å². The molecule has 5 heteroatoms. The van der Waals surface area contributed by atoms with Crippen LogP contribution >= 0.6 is 0 Å². The number of likely N-dealkylation sites (N-methyl/N-ethyl adjacent to an activating group) is 1. The number of rotatable bonds is 4. The zero-order valence-electron chi connectivity index (χ0n) is 17.6. The maximum atomic E-state index is 13.8. The fourth-order valence-corrected chi connectivity index (χ4v) is 4.59. The summed E-state index contributed by atoms with van der Waals surface area (Å²) in [5, 5.41) is 1.91. The molecule has 1 fully saturated rings. The Morgan fingerprint density at radius 2 is 1.42 bits per heavy atom. The summed E-state index contributed by atoms with van der Waals surface area (Å²) < 4.78 is 0. The summed E-state index contributed by atoms with van der Waals surface area (Å²) in [6.07, 6.45) is 0. The number of hydrogen-bond acceptors (Lipinski definition) is 4. The summed E-state index contributed by atoms with van der Waals surface area (Å²) >= 11 is 0. The van der Waals surface area contributed by atoms with Gasteiger partial charge < -0.3 is 9.80 Å². The summed E-state index contributed by atoms with van der Waals surface area (Å²) in [6, 6.07) is 23.2. The largest absolute Gasteiger partial charge is 0.364 e. The first-order valence-electron chi connectivity index (χ1n) is 10.8. The molecule has 0 saturated carbocycles. The minimum Gasteiger partial charge on any atom is -0.364 e. The van der Waals surface area contributed by atoms with Crippen LogP contribution in [0.3, 0.4) is 0 Å². The Morgan fingerprint density at radius 3 is 2.16 bits per heavy atom. The van der Waals surface area contributed by atoms with Gasteiger partial charge in [0.2, 0.25) is 0 Å². The number of hydrogen-bond donors (Lipinski definition) is 0. The molecule has 1 saturated heterocycles. The van der Waals surface area contributed by atoms with Gasteiger partial charge in [-0.05, 0) is 23.6 Å². The van der Waals surface area contributed by atoms with Gasteiger partial charge in [0.1, 0.15) is 5.70 Å². The van der Waals surface area contributed by atoms with E-state index in [-0.39, 0.29) is 11.8 Å². The smallest absolute Gasteiger partial charge is 0.282 e. The van der Waals surface area contributed by atoms with E-state index in [9.17, 15) is 9.59 Å². The molecule has 5 nitrogen and oxygen atoms in total. The second kappa shape index (κ2) is 8.00. The van der Waals surface area contributed by atoms with E-state index < -0.39 is 0 Å². The Hall–Kier alpha value is -3.44. The molecule has 0 spiro atoms. The number of piperazine rings is 1. The second-order valence-electron chi connectivity index (χ2n) is 7.95. The molecular weight excluding hydrogens is 386 g/mol. The number of fused-ring (bicyclic) bond motifs is 1. The third-order valence-corrected chi connectivity index (χ3v) is 6.27. The summed E-state index contributed by atoms with van der Waals surface area (Å²) in [6.45, 7) is 6.39. The highest BCUT2D eigenvalue weighted by atomic mass is 16.2. The highest BCUT2D eigenvalue weighted by Crippen LogP contribution is 2.37. The van der Waals surface area contributed by atoms with Crippen molar-refractivity contribution < 1.29 is 9.59 Å². The fraction of sp³-hybridized carbons (Fsp3) is 0.231. The Labute approximate surface area is 182 Å². The van der Waals surface area contributed by atoms with E-state index in [4.69, 9.17) is 0 Å². The van der Waals surface area contributed by atoms with Crippen molar-refractivity contribution in [2.45, 2.75) is 6.92 Å². The van der Waals surface area contributed by atoms with Crippen LogP contribution in [-0.4, -0.2) is 54.3 Å². The first-order chi connectivity index (χ1) is 15.2. The lowest BCUT2D eigenvalue weighted by atomic mass is 10.0. The molecule has 0 unspecified atom stereocenters. The first-order valence-corrected chi connectivity index (χ1v) is 10.8. The van der Waals surface area contributed by atoms with E-state index in [0.717, 1.165) is 49.1 Å². The van der Waals surface area contributed by atoms with Gasteiger partial charge in [0, 0.05) is 31.6 Å². The molecule has 0 atom stereocenters. The van der Waals surface area contributed by atoms with Crippen LogP contribution < -0.4 is 4.90 Å². The van der Waals surface area contributed by atoms with Crippen molar-refractivity contribution in [3.63, 3.8) is 0 Å². The molecule has 2 aliphatic heterocycles. The van der Waals surface area contributed by atoms with E-state index in [2.05, 4.69) is 16.7 Å². The number of benzene rings is 3. The number of imide groups is 1. The van der Waals surface area contributed by atoms with E-state index in [1.807, 2.05) is 72.8 Å². The molecule has 2 amide bonds. The minimum absolute atomic E-state index is 0.231. The lowest BCUT2D eigenvalue weighted by molar-refractivity contribution is -0.120. The number of nitrogens with zero attached hydrogens (tertiary/aromatic N) is 3. The van der Waals surface area contributed by atoms with Gasteiger partial charge in [-0.3, -0.25) is 9.59 Å². The quantitative estimate of drug-likeness (QED) is 0.613. The third kappa shape index (κ3) is 3.31. The summed E-state index contributed by atoms with van der Waals surface area (Å²) in [7, 11) is 0. The molecule has 0 radical (unpaired) electrons. The Balaban J connectivity index is 1.62. The van der Waals surface area contributed by atoms with Crippen molar-refractivity contribution in [1.29, 1.82) is 0 Å². The molecule has 31 heavy (non-hydrogen) atoms. The lowest BCUT2D eigenvalue weighted by Gasteiger charge is -2.36. The second-order valence-corrected chi connectivity index (χ2v) is 7.95. The minimum atomic E-state index is -0.250. The lowest BCUT2D eigenvalue weighted by Crippen LogP contribution is -2.47. The SMILES string of the molecule is CCN1CCN(C2=C(c3ccccc3)C(=O)N(c3cccc4ccccc34)C2=O)CC1. The molecular formula is C26H25N3O2. The molecule has 3 aromatic rings. The average Bonchev–Trinajstić information content (AvgIpc) is 3.09. The summed E-state index contributed by atoms with van der Waals surface area (Å²) in [5.74, 6) is -0.481. The van der Waals surface area contributed by atoms with Crippen LogP contribution in [-0.2, 0) is 9.59 Å². The normalized spacial score (nSPS) is 17.8. The van der Waals surface area contributed by atoms with Crippen LogP contribution in [0.4, 0.5) is 5.69 Å². The van der Waals surface area contributed by atoms with Crippen LogP contribution in [0.15, 0.2) is 78.5 Å². The van der Waals surface area contributed by atoms with Crippen LogP contribution in [0.25, 0.3) is 16.3 Å². The van der Waals surface area contributed by atoms with E-state index in [1.54, 1.807) is 0 Å². The van der Waals surface area contributed by atoms with Crippen molar-refractivity contribution >= 4 is 33.8 Å². The van der Waals surface area contributed by atoms with Gasteiger partial charge in [-0.2, -0.15) is 0 Å². The standard InChI is InChI=1S/C26H25N3O2/c1-2-27-15-17-28(18-16-27)24-23(20-10-4-3-5-11-20)25(30)29(26(24)31)22-14-8-12-19-9-6-7-13-21(19)22/h3-14H,2,15-18H2,1H3. The maximum Gasteiger partial charge on any atom is 0.282 e. The Morgan fingerprint density at radius 1 is 0.742 bits per heavy atom. The topological polar surface area (TPSA) is 43.9 Å². The monoisotopic (exact) mass is 411 g/mol. The van der Waals surface area contributed by atoms with Gasteiger partial charge >= 0.3 is 0 Å².